The molecule has 1 aromatic heterocycles. The lowest BCUT2D eigenvalue weighted by Crippen LogP contribution is -2.01. The second kappa shape index (κ2) is 9.01. The lowest BCUT2D eigenvalue weighted by molar-refractivity contribution is -0.139. The van der Waals surface area contributed by atoms with Crippen molar-refractivity contribution in [3.8, 4) is 22.9 Å². The third-order valence-corrected chi connectivity index (χ3v) is 4.07. The van der Waals surface area contributed by atoms with Crippen LogP contribution in [0.5, 0.6) is 11.5 Å². The van der Waals surface area contributed by atoms with Crippen LogP contribution in [0.3, 0.4) is 0 Å². The molecule has 0 aliphatic carbocycles. The number of hydrogen-bond acceptors (Lipinski definition) is 7. The molecule has 0 saturated carbocycles. The van der Waals surface area contributed by atoms with E-state index in [2.05, 4.69) is 10.1 Å². The van der Waals surface area contributed by atoms with E-state index >= 15 is 0 Å². The monoisotopic (exact) mass is 398 g/mol. The van der Waals surface area contributed by atoms with Crippen LogP contribution in [0, 0.1) is 12.7 Å². The number of methoxy groups -OCH3 is 2. The summed E-state index contributed by atoms with van der Waals surface area (Å²) in [6.07, 6.45) is 2.81. The largest absolute Gasteiger partial charge is 0.497 e. The molecule has 0 amide bonds. The summed E-state index contributed by atoms with van der Waals surface area (Å²) in [6.45, 7) is 1.45. The highest BCUT2D eigenvalue weighted by atomic mass is 19.1. The molecule has 1 heterocycles. The maximum atomic E-state index is 13.7. The van der Waals surface area contributed by atoms with Gasteiger partial charge in [-0.05, 0) is 42.8 Å². The van der Waals surface area contributed by atoms with Gasteiger partial charge >= 0.3 is 5.97 Å². The summed E-state index contributed by atoms with van der Waals surface area (Å²) in [6, 6.07) is 9.84. The van der Waals surface area contributed by atoms with Crippen LogP contribution in [0.25, 0.3) is 17.5 Å². The molecule has 3 aromatic rings. The van der Waals surface area contributed by atoms with Crippen molar-refractivity contribution in [1.29, 1.82) is 0 Å². The van der Waals surface area contributed by atoms with Crippen LogP contribution in [-0.2, 0) is 16.1 Å². The molecule has 8 heteroatoms. The predicted octanol–water partition coefficient (Wildman–Crippen LogP) is 3.96. The van der Waals surface area contributed by atoms with Crippen molar-refractivity contribution in [2.45, 2.75) is 13.5 Å². The Bertz CT molecular complexity index is 1050. The van der Waals surface area contributed by atoms with Crippen molar-refractivity contribution in [1.82, 2.24) is 10.1 Å². The number of aryl methyl sites for hydroxylation is 1. The topological polar surface area (TPSA) is 83.7 Å². The highest BCUT2D eigenvalue weighted by molar-refractivity contribution is 5.87. The first kappa shape index (κ1) is 20.1. The average molecular weight is 398 g/mol. The first-order valence-electron chi connectivity index (χ1n) is 8.66. The quantitative estimate of drug-likeness (QED) is 0.440. The maximum Gasteiger partial charge on any atom is 0.331 e. The molecule has 0 atom stereocenters. The van der Waals surface area contributed by atoms with Crippen molar-refractivity contribution in [3.63, 3.8) is 0 Å². The van der Waals surface area contributed by atoms with E-state index in [4.69, 9.17) is 18.7 Å². The van der Waals surface area contributed by atoms with Gasteiger partial charge in [-0.3, -0.25) is 0 Å². The van der Waals surface area contributed by atoms with E-state index in [9.17, 15) is 9.18 Å². The van der Waals surface area contributed by atoms with Gasteiger partial charge in [-0.1, -0.05) is 17.3 Å². The molecule has 0 fully saturated rings. The Morgan fingerprint density at radius 1 is 1.17 bits per heavy atom. The molecule has 7 nitrogen and oxygen atoms in total. The summed E-state index contributed by atoms with van der Waals surface area (Å²) in [5.41, 5.74) is 1.65. The van der Waals surface area contributed by atoms with E-state index < -0.39 is 5.97 Å². The molecule has 0 aliphatic rings. The zero-order valence-corrected chi connectivity index (χ0v) is 16.1. The van der Waals surface area contributed by atoms with Gasteiger partial charge in [-0.15, -0.1) is 0 Å². The second-order valence-corrected chi connectivity index (χ2v) is 6.02. The number of nitrogens with zero attached hydrogens (tertiary/aromatic N) is 2. The van der Waals surface area contributed by atoms with Gasteiger partial charge in [0.2, 0.25) is 5.82 Å². The van der Waals surface area contributed by atoms with Crippen molar-refractivity contribution in [2.24, 2.45) is 0 Å². The van der Waals surface area contributed by atoms with E-state index in [1.54, 1.807) is 50.4 Å². The van der Waals surface area contributed by atoms with Crippen molar-refractivity contribution < 1.29 is 27.9 Å². The van der Waals surface area contributed by atoms with Crippen LogP contribution in [0.4, 0.5) is 4.39 Å². The number of rotatable bonds is 7. The van der Waals surface area contributed by atoms with Crippen LogP contribution in [0.1, 0.15) is 17.0 Å². The molecule has 0 spiro atoms. The molecule has 0 saturated heterocycles. The number of aromatic nitrogens is 2. The first-order valence-corrected chi connectivity index (χ1v) is 8.66. The van der Waals surface area contributed by atoms with Crippen LogP contribution in [0.2, 0.25) is 0 Å². The van der Waals surface area contributed by atoms with Gasteiger partial charge in [0, 0.05) is 17.2 Å². The lowest BCUT2D eigenvalue weighted by Gasteiger charge is -2.07. The number of ether oxygens (including phenoxy) is 3. The zero-order valence-electron chi connectivity index (χ0n) is 16.1. The fourth-order valence-electron chi connectivity index (χ4n) is 2.47. The molecular weight excluding hydrogens is 379 g/mol. The summed E-state index contributed by atoms with van der Waals surface area (Å²) >= 11 is 0. The number of halogens is 1. The molecule has 0 radical (unpaired) electrons. The number of hydrogen-bond donors (Lipinski definition) is 0. The number of carbonyl (C=O) groups is 1. The van der Waals surface area contributed by atoms with Crippen LogP contribution in [0.15, 0.2) is 47.0 Å². The van der Waals surface area contributed by atoms with Gasteiger partial charge in [0.1, 0.15) is 17.3 Å². The van der Waals surface area contributed by atoms with Gasteiger partial charge in [-0.2, -0.15) is 4.98 Å². The van der Waals surface area contributed by atoms with Gasteiger partial charge in [-0.25, -0.2) is 9.18 Å². The smallest absolute Gasteiger partial charge is 0.331 e. The number of esters is 1. The van der Waals surface area contributed by atoms with Gasteiger partial charge < -0.3 is 18.7 Å². The van der Waals surface area contributed by atoms with Crippen molar-refractivity contribution in [2.75, 3.05) is 14.2 Å². The SMILES string of the molecule is COc1ccc(OC)c(/C=C/C(=O)OCc2nc(-c3ccc(C)c(F)c3)no2)c1. The Balaban J connectivity index is 1.62. The number of carbonyl (C=O) groups excluding carboxylic acids is 1. The zero-order chi connectivity index (χ0) is 20.8. The molecule has 3 rings (SSSR count). The number of benzene rings is 2. The average Bonchev–Trinajstić information content (AvgIpc) is 3.21. The van der Waals surface area contributed by atoms with E-state index in [1.165, 1.54) is 19.3 Å². The molecule has 2 aromatic carbocycles. The minimum absolute atomic E-state index is 0.0988. The molecule has 150 valence electrons. The highest BCUT2D eigenvalue weighted by Crippen LogP contribution is 2.25. The minimum Gasteiger partial charge on any atom is -0.497 e. The van der Waals surface area contributed by atoms with Crippen LogP contribution >= 0.6 is 0 Å². The summed E-state index contributed by atoms with van der Waals surface area (Å²) in [4.78, 5) is 16.1. The third-order valence-electron chi connectivity index (χ3n) is 4.07. The van der Waals surface area contributed by atoms with Gasteiger partial charge in [0.05, 0.1) is 14.2 Å². The second-order valence-electron chi connectivity index (χ2n) is 6.02. The first-order chi connectivity index (χ1) is 14.0. The molecule has 0 unspecified atom stereocenters. The third kappa shape index (κ3) is 4.98. The molecule has 29 heavy (non-hydrogen) atoms. The Morgan fingerprint density at radius 3 is 2.72 bits per heavy atom. The summed E-state index contributed by atoms with van der Waals surface area (Å²) in [5.74, 6) is 0.564. The van der Waals surface area contributed by atoms with E-state index in [-0.39, 0.29) is 24.1 Å². The van der Waals surface area contributed by atoms with E-state index in [0.717, 1.165) is 0 Å². The standard InChI is InChI=1S/C21H19FN2O5/c1-13-4-5-15(11-17(13)22)21-23-19(29-24-21)12-28-20(25)9-6-14-10-16(26-2)7-8-18(14)27-3/h4-11H,12H2,1-3H3/b9-6+. The fourth-order valence-corrected chi connectivity index (χ4v) is 2.47. The Hall–Kier alpha value is -3.68. The Labute approximate surface area is 166 Å². The van der Waals surface area contributed by atoms with Crippen LogP contribution in [-0.4, -0.2) is 30.3 Å². The molecule has 0 N–H and O–H groups in total. The van der Waals surface area contributed by atoms with Gasteiger partial charge in [0.25, 0.3) is 5.89 Å². The van der Waals surface area contributed by atoms with Crippen molar-refractivity contribution >= 4 is 12.0 Å². The Morgan fingerprint density at radius 2 is 2.00 bits per heavy atom. The normalized spacial score (nSPS) is 10.9. The lowest BCUT2D eigenvalue weighted by atomic mass is 10.1. The van der Waals surface area contributed by atoms with E-state index in [1.807, 2.05) is 0 Å². The fraction of sp³-hybridized carbons (Fsp3) is 0.190. The molecule has 0 aliphatic heterocycles. The molecule has 0 bridgehead atoms. The van der Waals surface area contributed by atoms with Crippen LogP contribution < -0.4 is 9.47 Å². The Kier molecular flexibility index (Phi) is 6.23. The predicted molar refractivity (Wildman–Crippen MR) is 103 cm³/mol. The van der Waals surface area contributed by atoms with E-state index in [0.29, 0.717) is 28.2 Å². The van der Waals surface area contributed by atoms with Gasteiger partial charge in [0.15, 0.2) is 6.61 Å². The molecular formula is C21H19FN2O5. The van der Waals surface area contributed by atoms with Crippen molar-refractivity contribution in [3.05, 3.63) is 65.3 Å². The summed E-state index contributed by atoms with van der Waals surface area (Å²) < 4.78 is 34.2. The summed E-state index contributed by atoms with van der Waals surface area (Å²) in [7, 11) is 3.08. The minimum atomic E-state index is -0.601. The maximum absolute atomic E-state index is 13.7. The summed E-state index contributed by atoms with van der Waals surface area (Å²) in [5, 5.41) is 3.78. The highest BCUT2D eigenvalue weighted by Gasteiger charge is 2.12.